The molecular formula is C27H52O. The first-order chi connectivity index (χ1) is 13.8. The lowest BCUT2D eigenvalue weighted by molar-refractivity contribution is 0.00526. The van der Waals surface area contributed by atoms with Gasteiger partial charge in [0.1, 0.15) is 0 Å². The number of hydrogen-bond acceptors (Lipinski definition) is 1. The highest BCUT2D eigenvalue weighted by Crippen LogP contribution is 2.41. The molecule has 0 amide bonds. The van der Waals surface area contributed by atoms with Crippen molar-refractivity contribution in [2.24, 2.45) is 17.8 Å². The van der Waals surface area contributed by atoms with Crippen LogP contribution in [0.5, 0.6) is 0 Å². The van der Waals surface area contributed by atoms with E-state index in [2.05, 4.69) is 13.8 Å². The topological polar surface area (TPSA) is 9.23 Å². The van der Waals surface area contributed by atoms with Crippen LogP contribution in [-0.4, -0.2) is 12.7 Å². The van der Waals surface area contributed by atoms with Gasteiger partial charge in [-0.15, -0.1) is 0 Å². The van der Waals surface area contributed by atoms with E-state index < -0.39 is 0 Å². The van der Waals surface area contributed by atoms with Crippen molar-refractivity contribution in [1.29, 1.82) is 0 Å². The summed E-state index contributed by atoms with van der Waals surface area (Å²) in [6.45, 7) is 5.63. The maximum atomic E-state index is 6.21. The molecule has 0 heterocycles. The number of unbranched alkanes of at least 4 members (excludes halogenated alkanes) is 9. The summed E-state index contributed by atoms with van der Waals surface area (Å²) >= 11 is 0. The van der Waals surface area contributed by atoms with Crippen LogP contribution in [0, 0.1) is 17.8 Å². The van der Waals surface area contributed by atoms with E-state index in [4.69, 9.17) is 4.74 Å². The second kappa shape index (κ2) is 15.8. The van der Waals surface area contributed by atoms with Gasteiger partial charge in [0.05, 0.1) is 6.10 Å². The summed E-state index contributed by atoms with van der Waals surface area (Å²) in [6.07, 6.45) is 29.3. The summed E-state index contributed by atoms with van der Waals surface area (Å²) in [5.41, 5.74) is 0. The van der Waals surface area contributed by atoms with Gasteiger partial charge in [0.2, 0.25) is 0 Å². The SMILES string of the molecule is CCCCCCCCO[C@H]1CC[C@H](C2CCC(CCCCCCC)CC2)CC1. The molecule has 0 spiro atoms. The Morgan fingerprint density at radius 3 is 1.64 bits per heavy atom. The van der Waals surface area contributed by atoms with Crippen LogP contribution < -0.4 is 0 Å². The monoisotopic (exact) mass is 392 g/mol. The van der Waals surface area contributed by atoms with Crippen molar-refractivity contribution in [3.05, 3.63) is 0 Å². The van der Waals surface area contributed by atoms with E-state index in [0.717, 1.165) is 24.4 Å². The van der Waals surface area contributed by atoms with Crippen LogP contribution in [0.4, 0.5) is 0 Å². The Hall–Kier alpha value is -0.0400. The van der Waals surface area contributed by atoms with Crippen molar-refractivity contribution in [3.63, 3.8) is 0 Å². The van der Waals surface area contributed by atoms with Gasteiger partial charge >= 0.3 is 0 Å². The van der Waals surface area contributed by atoms with E-state index in [1.807, 2.05) is 0 Å². The summed E-state index contributed by atoms with van der Waals surface area (Å²) in [4.78, 5) is 0. The zero-order chi connectivity index (χ0) is 19.9. The largest absolute Gasteiger partial charge is 0.378 e. The molecule has 166 valence electrons. The lowest BCUT2D eigenvalue weighted by Gasteiger charge is -2.38. The molecule has 1 nitrogen and oxygen atoms in total. The minimum atomic E-state index is 0.589. The summed E-state index contributed by atoms with van der Waals surface area (Å²) in [5.74, 6) is 3.14. The highest BCUT2D eigenvalue weighted by Gasteiger charge is 2.30. The van der Waals surface area contributed by atoms with E-state index >= 15 is 0 Å². The second-order valence-corrected chi connectivity index (χ2v) is 10.2. The molecule has 0 aromatic carbocycles. The lowest BCUT2D eigenvalue weighted by Crippen LogP contribution is -2.28. The zero-order valence-electron chi connectivity index (χ0n) is 19.6. The van der Waals surface area contributed by atoms with Gasteiger partial charge in [-0.2, -0.15) is 0 Å². The van der Waals surface area contributed by atoms with E-state index in [0.29, 0.717) is 6.10 Å². The summed E-state index contributed by atoms with van der Waals surface area (Å²) in [5, 5.41) is 0. The molecular weight excluding hydrogens is 340 g/mol. The van der Waals surface area contributed by atoms with Gasteiger partial charge in [-0.25, -0.2) is 0 Å². The standard InChI is InChI=1S/C27H52O/c1-3-5-7-9-11-13-23-28-27-21-19-26(20-22-27)25-17-15-24(16-18-25)14-12-10-8-6-4-2/h24-27H,3-23H2,1-2H3/t24?,25?,26-,27-. The maximum Gasteiger partial charge on any atom is 0.0575 e. The molecule has 0 N–H and O–H groups in total. The van der Waals surface area contributed by atoms with Crippen LogP contribution in [0.3, 0.4) is 0 Å². The van der Waals surface area contributed by atoms with Crippen molar-refractivity contribution in [2.75, 3.05) is 6.61 Å². The van der Waals surface area contributed by atoms with Crippen LogP contribution in [0.25, 0.3) is 0 Å². The fourth-order valence-electron chi connectivity index (χ4n) is 5.84. The van der Waals surface area contributed by atoms with Gasteiger partial charge in [0.15, 0.2) is 0 Å². The van der Waals surface area contributed by atoms with Crippen molar-refractivity contribution < 1.29 is 4.74 Å². The Kier molecular flexibility index (Phi) is 13.6. The number of ether oxygens (including phenoxy) is 1. The van der Waals surface area contributed by atoms with Crippen molar-refractivity contribution in [1.82, 2.24) is 0 Å². The molecule has 0 atom stereocenters. The average molecular weight is 393 g/mol. The van der Waals surface area contributed by atoms with Gasteiger partial charge in [0, 0.05) is 6.61 Å². The zero-order valence-corrected chi connectivity index (χ0v) is 19.6. The Labute approximate surface area is 177 Å². The molecule has 28 heavy (non-hydrogen) atoms. The first-order valence-corrected chi connectivity index (χ1v) is 13.4. The van der Waals surface area contributed by atoms with Crippen molar-refractivity contribution in [3.8, 4) is 0 Å². The Bertz CT molecular complexity index is 336. The number of hydrogen-bond donors (Lipinski definition) is 0. The van der Waals surface area contributed by atoms with E-state index in [-0.39, 0.29) is 0 Å². The molecule has 2 rings (SSSR count). The average Bonchev–Trinajstić information content (AvgIpc) is 2.74. The molecule has 0 saturated heterocycles. The third kappa shape index (κ3) is 10.1. The van der Waals surface area contributed by atoms with Crippen LogP contribution in [0.2, 0.25) is 0 Å². The van der Waals surface area contributed by atoms with Gasteiger partial charge in [0.25, 0.3) is 0 Å². The molecule has 1 heteroatoms. The molecule has 0 unspecified atom stereocenters. The molecule has 0 aromatic rings. The van der Waals surface area contributed by atoms with Gasteiger partial charge < -0.3 is 4.74 Å². The van der Waals surface area contributed by atoms with E-state index in [1.165, 1.54) is 128 Å². The van der Waals surface area contributed by atoms with Crippen LogP contribution in [0.1, 0.15) is 142 Å². The molecule has 0 radical (unpaired) electrons. The fourth-order valence-corrected chi connectivity index (χ4v) is 5.84. The minimum Gasteiger partial charge on any atom is -0.378 e. The highest BCUT2D eigenvalue weighted by molar-refractivity contribution is 4.82. The first kappa shape index (κ1) is 24.2. The van der Waals surface area contributed by atoms with Crippen molar-refractivity contribution in [2.45, 2.75) is 148 Å². The normalized spacial score (nSPS) is 28.5. The fraction of sp³-hybridized carbons (Fsp3) is 1.00. The third-order valence-corrected chi connectivity index (χ3v) is 7.84. The smallest absolute Gasteiger partial charge is 0.0575 e. The van der Waals surface area contributed by atoms with E-state index in [1.54, 1.807) is 0 Å². The van der Waals surface area contributed by atoms with Crippen LogP contribution in [0.15, 0.2) is 0 Å². The first-order valence-electron chi connectivity index (χ1n) is 13.4. The molecule has 2 saturated carbocycles. The molecule has 2 aliphatic rings. The predicted molar refractivity (Wildman–Crippen MR) is 124 cm³/mol. The second-order valence-electron chi connectivity index (χ2n) is 10.2. The molecule has 0 aromatic heterocycles. The minimum absolute atomic E-state index is 0.589. The van der Waals surface area contributed by atoms with Gasteiger partial charge in [-0.05, 0) is 62.7 Å². The quantitative estimate of drug-likeness (QED) is 0.252. The van der Waals surface area contributed by atoms with Gasteiger partial charge in [-0.1, -0.05) is 97.3 Å². The Morgan fingerprint density at radius 1 is 0.536 bits per heavy atom. The molecule has 0 bridgehead atoms. The maximum absolute atomic E-state index is 6.21. The van der Waals surface area contributed by atoms with Crippen molar-refractivity contribution >= 4 is 0 Å². The predicted octanol–water partition coefficient (Wildman–Crippen LogP) is 9.09. The highest BCUT2D eigenvalue weighted by atomic mass is 16.5. The van der Waals surface area contributed by atoms with Crippen LogP contribution in [-0.2, 0) is 4.74 Å². The third-order valence-electron chi connectivity index (χ3n) is 7.84. The molecule has 2 fully saturated rings. The summed E-state index contributed by atoms with van der Waals surface area (Å²) < 4.78 is 6.21. The Morgan fingerprint density at radius 2 is 1.04 bits per heavy atom. The molecule has 2 aliphatic carbocycles. The summed E-state index contributed by atoms with van der Waals surface area (Å²) in [7, 11) is 0. The molecule has 0 aliphatic heterocycles. The Balaban J connectivity index is 1.46. The number of rotatable bonds is 15. The van der Waals surface area contributed by atoms with E-state index in [9.17, 15) is 0 Å². The van der Waals surface area contributed by atoms with Gasteiger partial charge in [-0.3, -0.25) is 0 Å². The summed E-state index contributed by atoms with van der Waals surface area (Å²) in [6, 6.07) is 0. The lowest BCUT2D eigenvalue weighted by atomic mass is 9.70. The van der Waals surface area contributed by atoms with Crippen LogP contribution >= 0.6 is 0 Å².